The maximum Gasteiger partial charge on any atom is 0.287 e. The summed E-state index contributed by atoms with van der Waals surface area (Å²) in [4.78, 5) is 18.8. The van der Waals surface area contributed by atoms with Gasteiger partial charge in [-0.1, -0.05) is 15.9 Å². The molecule has 2 heterocycles. The lowest BCUT2D eigenvalue weighted by Gasteiger charge is -2.20. The van der Waals surface area contributed by atoms with Crippen molar-refractivity contribution >= 4 is 57.5 Å². The molecule has 3 N–H and O–H groups in total. The number of nitrogens with zero attached hydrogens (tertiary/aromatic N) is 2. The van der Waals surface area contributed by atoms with E-state index in [-0.39, 0.29) is 29.9 Å². The lowest BCUT2D eigenvalue weighted by Crippen LogP contribution is -2.45. The van der Waals surface area contributed by atoms with Crippen LogP contribution in [-0.2, 0) is 0 Å². The van der Waals surface area contributed by atoms with Crippen molar-refractivity contribution in [2.24, 2.45) is 4.99 Å². The average molecular weight is 576 g/mol. The second-order valence-corrected chi connectivity index (χ2v) is 7.46. The van der Waals surface area contributed by atoms with Crippen LogP contribution in [0.3, 0.4) is 0 Å². The fourth-order valence-corrected chi connectivity index (χ4v) is 3.37. The zero-order valence-corrected chi connectivity index (χ0v) is 20.3. The topological polar surface area (TPSA) is 81.9 Å². The Morgan fingerprint density at radius 1 is 1.28 bits per heavy atom. The molecule has 1 aliphatic rings. The monoisotopic (exact) mass is 575 g/mol. The van der Waals surface area contributed by atoms with Gasteiger partial charge >= 0.3 is 0 Å². The van der Waals surface area contributed by atoms with Gasteiger partial charge in [-0.15, -0.1) is 24.0 Å². The number of guanidine groups is 1. The predicted octanol–water partition coefficient (Wildman–Crippen LogP) is 3.22. The van der Waals surface area contributed by atoms with Crippen LogP contribution in [0.5, 0.6) is 0 Å². The van der Waals surface area contributed by atoms with Crippen molar-refractivity contribution in [3.8, 4) is 0 Å². The van der Waals surface area contributed by atoms with Gasteiger partial charge in [0.1, 0.15) is 0 Å². The molecule has 9 heteroatoms. The van der Waals surface area contributed by atoms with Crippen molar-refractivity contribution < 1.29 is 9.21 Å². The number of rotatable bonds is 7. The summed E-state index contributed by atoms with van der Waals surface area (Å²) in [5.41, 5.74) is 1.23. The van der Waals surface area contributed by atoms with Gasteiger partial charge in [-0.05, 0) is 49.7 Å². The summed E-state index contributed by atoms with van der Waals surface area (Å²) in [5, 5.41) is 9.57. The van der Waals surface area contributed by atoms with Gasteiger partial charge in [-0.3, -0.25) is 9.79 Å². The summed E-state index contributed by atoms with van der Waals surface area (Å²) in [6.45, 7) is 5.71. The molecule has 1 aromatic carbocycles. The van der Waals surface area contributed by atoms with E-state index in [0.29, 0.717) is 24.9 Å². The molecule has 0 aliphatic carbocycles. The van der Waals surface area contributed by atoms with Crippen LogP contribution in [0.2, 0.25) is 0 Å². The lowest BCUT2D eigenvalue weighted by atomic mass is 10.3. The first kappa shape index (κ1) is 23.5. The SMILES string of the molecule is CCNC(=NCCNC(=O)c1ccco1)NC1CCN(c2ccc(Br)cc2)C1.I. The molecular formula is C20H27BrIN5O2. The minimum atomic E-state index is -0.223. The molecule has 1 fully saturated rings. The molecule has 158 valence electrons. The second kappa shape index (κ2) is 12.1. The standard InChI is InChI=1S/C20H26BrN5O2.HI/c1-2-22-20(24-11-10-23-19(27)18-4-3-13-28-18)25-16-9-12-26(14-16)17-7-5-15(21)6-8-17;/h3-8,13,16H,2,9-12,14H2,1H3,(H,23,27)(H2,22,24,25);1H. The number of anilines is 1. The van der Waals surface area contributed by atoms with Crippen LogP contribution in [-0.4, -0.2) is 50.6 Å². The van der Waals surface area contributed by atoms with Gasteiger partial charge in [-0.2, -0.15) is 0 Å². The number of carbonyl (C=O) groups is 1. The van der Waals surface area contributed by atoms with E-state index in [1.807, 2.05) is 6.92 Å². The molecule has 7 nitrogen and oxygen atoms in total. The van der Waals surface area contributed by atoms with Crippen LogP contribution >= 0.6 is 39.9 Å². The molecule has 2 aromatic rings. The number of hydrogen-bond acceptors (Lipinski definition) is 4. The van der Waals surface area contributed by atoms with E-state index in [2.05, 4.69) is 66.0 Å². The highest BCUT2D eigenvalue weighted by atomic mass is 127. The molecule has 1 saturated heterocycles. The van der Waals surface area contributed by atoms with Crippen LogP contribution in [0.15, 0.2) is 56.5 Å². The zero-order chi connectivity index (χ0) is 19.8. The normalized spacial score (nSPS) is 16.3. The van der Waals surface area contributed by atoms with E-state index in [9.17, 15) is 4.79 Å². The number of aliphatic imine (C=N–C) groups is 1. The van der Waals surface area contributed by atoms with Crippen molar-refractivity contribution in [2.75, 3.05) is 37.6 Å². The molecule has 1 amide bonds. The average Bonchev–Trinajstić information content (AvgIpc) is 3.38. The Morgan fingerprint density at radius 3 is 2.76 bits per heavy atom. The van der Waals surface area contributed by atoms with Crippen molar-refractivity contribution in [1.29, 1.82) is 0 Å². The summed E-state index contributed by atoms with van der Waals surface area (Å²) < 4.78 is 6.16. The number of halogens is 2. The lowest BCUT2D eigenvalue weighted by molar-refractivity contribution is 0.0927. The maximum atomic E-state index is 11.9. The zero-order valence-electron chi connectivity index (χ0n) is 16.4. The highest BCUT2D eigenvalue weighted by molar-refractivity contribution is 14.0. The summed E-state index contributed by atoms with van der Waals surface area (Å²) >= 11 is 3.48. The molecule has 0 spiro atoms. The third kappa shape index (κ3) is 7.22. The van der Waals surface area contributed by atoms with Crippen LogP contribution in [0.25, 0.3) is 0 Å². The first-order valence-electron chi connectivity index (χ1n) is 9.52. The fraction of sp³-hybridized carbons (Fsp3) is 0.400. The Morgan fingerprint density at radius 2 is 2.07 bits per heavy atom. The fourth-order valence-electron chi connectivity index (χ4n) is 3.11. The van der Waals surface area contributed by atoms with Gasteiger partial charge in [-0.25, -0.2) is 0 Å². The van der Waals surface area contributed by atoms with Crippen molar-refractivity contribution in [3.05, 3.63) is 52.9 Å². The summed E-state index contributed by atoms with van der Waals surface area (Å²) in [5.74, 6) is 0.865. The van der Waals surface area contributed by atoms with Gasteiger partial charge in [0, 0.05) is 42.4 Å². The first-order valence-corrected chi connectivity index (χ1v) is 10.3. The van der Waals surface area contributed by atoms with Crippen molar-refractivity contribution in [3.63, 3.8) is 0 Å². The van der Waals surface area contributed by atoms with E-state index in [4.69, 9.17) is 4.42 Å². The smallest absolute Gasteiger partial charge is 0.287 e. The van der Waals surface area contributed by atoms with Crippen molar-refractivity contribution in [1.82, 2.24) is 16.0 Å². The largest absolute Gasteiger partial charge is 0.459 e. The Bertz CT molecular complexity index is 783. The number of carbonyl (C=O) groups excluding carboxylic acids is 1. The van der Waals surface area contributed by atoms with Crippen LogP contribution in [0.4, 0.5) is 5.69 Å². The van der Waals surface area contributed by atoms with Gasteiger partial charge in [0.2, 0.25) is 0 Å². The third-order valence-electron chi connectivity index (χ3n) is 4.48. The summed E-state index contributed by atoms with van der Waals surface area (Å²) in [6, 6.07) is 12.1. The van der Waals surface area contributed by atoms with Crippen LogP contribution < -0.4 is 20.9 Å². The predicted molar refractivity (Wildman–Crippen MR) is 130 cm³/mol. The molecule has 0 bridgehead atoms. The summed E-state index contributed by atoms with van der Waals surface area (Å²) in [7, 11) is 0. The number of nitrogens with one attached hydrogen (secondary N) is 3. The molecule has 3 rings (SSSR count). The molecule has 1 unspecified atom stereocenters. The maximum absolute atomic E-state index is 11.9. The Hall–Kier alpha value is -1.75. The Kier molecular flexibility index (Phi) is 9.79. The molecule has 0 radical (unpaired) electrons. The number of amides is 1. The summed E-state index contributed by atoms with van der Waals surface area (Å²) in [6.07, 6.45) is 2.54. The Balaban J connectivity index is 0.00000300. The Labute approximate surface area is 196 Å². The second-order valence-electron chi connectivity index (χ2n) is 6.55. The van der Waals surface area contributed by atoms with E-state index < -0.39 is 0 Å². The molecule has 29 heavy (non-hydrogen) atoms. The van der Waals surface area contributed by atoms with E-state index >= 15 is 0 Å². The van der Waals surface area contributed by atoms with Gasteiger partial charge < -0.3 is 25.3 Å². The minimum Gasteiger partial charge on any atom is -0.459 e. The van der Waals surface area contributed by atoms with Gasteiger partial charge in [0.05, 0.1) is 12.8 Å². The number of furan rings is 1. The van der Waals surface area contributed by atoms with Crippen molar-refractivity contribution in [2.45, 2.75) is 19.4 Å². The number of benzene rings is 1. The third-order valence-corrected chi connectivity index (χ3v) is 5.01. The quantitative estimate of drug-likeness (QED) is 0.204. The van der Waals surface area contributed by atoms with Crippen LogP contribution in [0, 0.1) is 0 Å². The molecular weight excluding hydrogens is 549 g/mol. The van der Waals surface area contributed by atoms with E-state index in [0.717, 1.165) is 36.5 Å². The van der Waals surface area contributed by atoms with Crippen LogP contribution in [0.1, 0.15) is 23.9 Å². The molecule has 1 aliphatic heterocycles. The highest BCUT2D eigenvalue weighted by Crippen LogP contribution is 2.22. The van der Waals surface area contributed by atoms with E-state index in [1.54, 1.807) is 12.1 Å². The van der Waals surface area contributed by atoms with Gasteiger partial charge in [0.25, 0.3) is 5.91 Å². The molecule has 1 aromatic heterocycles. The van der Waals surface area contributed by atoms with E-state index in [1.165, 1.54) is 12.0 Å². The van der Waals surface area contributed by atoms with Gasteiger partial charge in [0.15, 0.2) is 11.7 Å². The molecule has 1 atom stereocenters. The minimum absolute atomic E-state index is 0. The first-order chi connectivity index (χ1) is 13.7. The number of hydrogen-bond donors (Lipinski definition) is 3. The molecule has 0 saturated carbocycles. The highest BCUT2D eigenvalue weighted by Gasteiger charge is 2.23.